The monoisotopic (exact) mass is 210 g/mol. The molecule has 0 aromatic rings. The fraction of sp³-hybridized carbons (Fsp3) is 1.00. The molecule has 0 radical (unpaired) electrons. The van der Waals surface area contributed by atoms with E-state index in [1.807, 2.05) is 0 Å². The third kappa shape index (κ3) is 2.94. The Morgan fingerprint density at radius 1 is 1.13 bits per heavy atom. The van der Waals surface area contributed by atoms with E-state index in [9.17, 15) is 0 Å². The molecule has 1 saturated carbocycles. The smallest absolute Gasteiger partial charge is 0.00452 e. The number of hydrogen-bond donors (Lipinski definition) is 1. The van der Waals surface area contributed by atoms with Crippen LogP contribution in [0.1, 0.15) is 40.0 Å². The van der Waals surface area contributed by atoms with Gasteiger partial charge in [0.25, 0.3) is 0 Å². The molecule has 3 atom stereocenters. The maximum absolute atomic E-state index is 6.00. The van der Waals surface area contributed by atoms with Crippen LogP contribution in [0.15, 0.2) is 0 Å². The summed E-state index contributed by atoms with van der Waals surface area (Å²) in [5.74, 6) is 1.83. The van der Waals surface area contributed by atoms with Crippen molar-refractivity contribution >= 4 is 0 Å². The zero-order chi connectivity index (χ0) is 11.1. The summed E-state index contributed by atoms with van der Waals surface area (Å²) < 4.78 is 0. The number of nitrogens with zero attached hydrogens (tertiary/aromatic N) is 1. The number of likely N-dealkylation sites (tertiary alicyclic amines) is 1. The molecule has 2 fully saturated rings. The van der Waals surface area contributed by atoms with E-state index in [-0.39, 0.29) is 0 Å². The van der Waals surface area contributed by atoms with Gasteiger partial charge in [0, 0.05) is 19.1 Å². The van der Waals surface area contributed by atoms with Crippen molar-refractivity contribution in [1.29, 1.82) is 0 Å². The molecule has 1 heterocycles. The summed E-state index contributed by atoms with van der Waals surface area (Å²) in [5.41, 5.74) is 6.48. The lowest BCUT2D eigenvalue weighted by atomic mass is 9.92. The lowest BCUT2D eigenvalue weighted by Crippen LogP contribution is -2.28. The van der Waals surface area contributed by atoms with Gasteiger partial charge in [-0.1, -0.05) is 20.8 Å². The molecule has 0 aromatic heterocycles. The van der Waals surface area contributed by atoms with Crippen molar-refractivity contribution in [3.05, 3.63) is 0 Å². The van der Waals surface area contributed by atoms with Crippen LogP contribution in [0.4, 0.5) is 0 Å². The van der Waals surface area contributed by atoms with Crippen molar-refractivity contribution in [3.63, 3.8) is 0 Å². The van der Waals surface area contributed by atoms with Crippen LogP contribution in [-0.2, 0) is 0 Å². The summed E-state index contributed by atoms with van der Waals surface area (Å²) in [5, 5.41) is 0. The average molecular weight is 210 g/mol. The summed E-state index contributed by atoms with van der Waals surface area (Å²) in [6.07, 6.45) is 3.87. The van der Waals surface area contributed by atoms with E-state index >= 15 is 0 Å². The minimum absolute atomic E-state index is 0.480. The molecule has 1 saturated heterocycles. The molecule has 2 N–H and O–H groups in total. The Bertz CT molecular complexity index is 205. The van der Waals surface area contributed by atoms with Gasteiger partial charge in [-0.25, -0.2) is 0 Å². The lowest BCUT2D eigenvalue weighted by molar-refractivity contribution is 0.249. The van der Waals surface area contributed by atoms with Gasteiger partial charge in [0.15, 0.2) is 0 Å². The summed E-state index contributed by atoms with van der Waals surface area (Å²) in [6.45, 7) is 10.9. The van der Waals surface area contributed by atoms with Crippen LogP contribution in [0.25, 0.3) is 0 Å². The Labute approximate surface area is 94.2 Å². The fourth-order valence-corrected chi connectivity index (χ4v) is 3.12. The normalized spacial score (nSPS) is 37.2. The Kier molecular flexibility index (Phi) is 3.09. The standard InChI is InChI=1S/C13H26N2/c1-13(2,3)4-5-15-8-10-6-12(14)7-11(10)9-15/h10-12H,4-9,14H2,1-3H3/t10-,11+,12+. The quantitative estimate of drug-likeness (QED) is 0.756. The summed E-state index contributed by atoms with van der Waals surface area (Å²) >= 11 is 0. The van der Waals surface area contributed by atoms with E-state index in [0.717, 1.165) is 11.8 Å². The largest absolute Gasteiger partial charge is 0.328 e. The molecule has 2 nitrogen and oxygen atoms in total. The van der Waals surface area contributed by atoms with Crippen molar-refractivity contribution in [2.75, 3.05) is 19.6 Å². The average Bonchev–Trinajstić information content (AvgIpc) is 2.55. The molecule has 0 aromatic carbocycles. The maximum atomic E-state index is 6.00. The van der Waals surface area contributed by atoms with Gasteiger partial charge in [0.05, 0.1) is 0 Å². The van der Waals surface area contributed by atoms with Gasteiger partial charge in [-0.15, -0.1) is 0 Å². The summed E-state index contributed by atoms with van der Waals surface area (Å²) in [4.78, 5) is 2.66. The summed E-state index contributed by atoms with van der Waals surface area (Å²) in [6, 6.07) is 0.504. The van der Waals surface area contributed by atoms with E-state index in [4.69, 9.17) is 5.73 Å². The maximum Gasteiger partial charge on any atom is 0.00452 e. The van der Waals surface area contributed by atoms with Crippen molar-refractivity contribution in [2.24, 2.45) is 23.0 Å². The molecule has 88 valence electrons. The van der Waals surface area contributed by atoms with Crippen molar-refractivity contribution in [2.45, 2.75) is 46.1 Å². The predicted octanol–water partition coefficient (Wildman–Crippen LogP) is 2.09. The number of fused-ring (bicyclic) bond motifs is 1. The van der Waals surface area contributed by atoms with Gasteiger partial charge >= 0.3 is 0 Å². The first kappa shape index (κ1) is 11.4. The van der Waals surface area contributed by atoms with Crippen molar-refractivity contribution in [3.8, 4) is 0 Å². The van der Waals surface area contributed by atoms with Gasteiger partial charge in [0.2, 0.25) is 0 Å². The molecule has 0 spiro atoms. The van der Waals surface area contributed by atoms with Crippen LogP contribution in [0, 0.1) is 17.3 Å². The van der Waals surface area contributed by atoms with E-state index in [1.54, 1.807) is 0 Å². The van der Waals surface area contributed by atoms with Gasteiger partial charge in [-0.2, -0.15) is 0 Å². The van der Waals surface area contributed by atoms with Crippen molar-refractivity contribution < 1.29 is 0 Å². The molecular weight excluding hydrogens is 184 g/mol. The molecule has 1 aliphatic carbocycles. The molecule has 0 amide bonds. The Morgan fingerprint density at radius 3 is 2.13 bits per heavy atom. The highest BCUT2D eigenvalue weighted by molar-refractivity contribution is 4.93. The molecule has 2 heteroatoms. The second kappa shape index (κ2) is 4.06. The minimum atomic E-state index is 0.480. The minimum Gasteiger partial charge on any atom is -0.328 e. The highest BCUT2D eigenvalue weighted by atomic mass is 15.2. The van der Waals surface area contributed by atoms with E-state index in [0.29, 0.717) is 11.5 Å². The van der Waals surface area contributed by atoms with Crippen molar-refractivity contribution in [1.82, 2.24) is 4.90 Å². The fourth-order valence-electron chi connectivity index (χ4n) is 3.12. The first-order valence-corrected chi connectivity index (χ1v) is 6.42. The third-order valence-electron chi connectivity index (χ3n) is 4.04. The van der Waals surface area contributed by atoms with Crippen LogP contribution in [-0.4, -0.2) is 30.6 Å². The van der Waals surface area contributed by atoms with E-state index < -0.39 is 0 Å². The van der Waals surface area contributed by atoms with Gasteiger partial charge < -0.3 is 10.6 Å². The molecule has 2 rings (SSSR count). The first-order chi connectivity index (χ1) is 6.94. The highest BCUT2D eigenvalue weighted by Crippen LogP contribution is 2.37. The van der Waals surface area contributed by atoms with E-state index in [1.165, 1.54) is 38.9 Å². The highest BCUT2D eigenvalue weighted by Gasteiger charge is 2.39. The third-order valence-corrected chi connectivity index (χ3v) is 4.04. The van der Waals surface area contributed by atoms with Gasteiger partial charge in [0.1, 0.15) is 0 Å². The molecule has 0 unspecified atom stereocenters. The Hall–Kier alpha value is -0.0800. The van der Waals surface area contributed by atoms with Crippen LogP contribution < -0.4 is 5.73 Å². The zero-order valence-corrected chi connectivity index (χ0v) is 10.5. The van der Waals surface area contributed by atoms with Gasteiger partial charge in [-0.05, 0) is 43.1 Å². The topological polar surface area (TPSA) is 29.3 Å². The predicted molar refractivity (Wildman–Crippen MR) is 64.7 cm³/mol. The summed E-state index contributed by atoms with van der Waals surface area (Å²) in [7, 11) is 0. The van der Waals surface area contributed by atoms with E-state index in [2.05, 4.69) is 25.7 Å². The Morgan fingerprint density at radius 2 is 1.67 bits per heavy atom. The number of rotatable bonds is 2. The Balaban J connectivity index is 1.75. The lowest BCUT2D eigenvalue weighted by Gasteiger charge is -2.24. The number of nitrogens with two attached hydrogens (primary N) is 1. The molecule has 15 heavy (non-hydrogen) atoms. The van der Waals surface area contributed by atoms with Crippen LogP contribution in [0.2, 0.25) is 0 Å². The zero-order valence-electron chi connectivity index (χ0n) is 10.5. The van der Waals surface area contributed by atoms with Crippen LogP contribution in [0.3, 0.4) is 0 Å². The first-order valence-electron chi connectivity index (χ1n) is 6.42. The SMILES string of the molecule is CC(C)(C)CCN1C[C@H]2C[C@H](N)C[C@H]2C1. The van der Waals surface area contributed by atoms with Crippen LogP contribution in [0.5, 0.6) is 0 Å². The number of hydrogen-bond acceptors (Lipinski definition) is 2. The molecule has 0 bridgehead atoms. The van der Waals surface area contributed by atoms with Crippen LogP contribution >= 0.6 is 0 Å². The molecule has 2 aliphatic rings. The molecule has 1 aliphatic heterocycles. The second-order valence-electron chi connectivity index (χ2n) is 6.82. The van der Waals surface area contributed by atoms with Gasteiger partial charge in [-0.3, -0.25) is 0 Å². The molecular formula is C13H26N2. The second-order valence-corrected chi connectivity index (χ2v) is 6.82.